The first-order chi connectivity index (χ1) is 52.0. The largest absolute Gasteiger partial charge is 0.508 e. The zero-order valence-corrected chi connectivity index (χ0v) is 61.6. The number of hydrogen-bond donors (Lipinski definition) is 19. The Balaban J connectivity index is 1.29. The van der Waals surface area contributed by atoms with Crippen LogP contribution in [0.15, 0.2) is 72.9 Å². The van der Waals surface area contributed by atoms with Gasteiger partial charge in [-0.25, -0.2) is 4.39 Å². The molecule has 3 heterocycles. The smallest absolute Gasteiger partial charge is 0.303 e. The summed E-state index contributed by atoms with van der Waals surface area (Å²) in [5.74, 6) is -16.3. The maximum absolute atomic E-state index is 15.3. The zero-order valence-electron chi connectivity index (χ0n) is 59.9. The molecule has 1 saturated carbocycles. The number of aromatic nitrogens is 1. The second-order valence-corrected chi connectivity index (χ2v) is 29.5. The van der Waals surface area contributed by atoms with Crippen LogP contribution in [0.5, 0.6) is 5.75 Å². The van der Waals surface area contributed by atoms with Crippen molar-refractivity contribution >= 4 is 121 Å². The van der Waals surface area contributed by atoms with Crippen LogP contribution in [-0.4, -0.2) is 206 Å². The normalized spacial score (nSPS) is 22.8. The van der Waals surface area contributed by atoms with Crippen molar-refractivity contribution in [3.63, 3.8) is 0 Å². The Kier molecular flexibility index (Phi) is 32.7. The van der Waals surface area contributed by atoms with Gasteiger partial charge in [0.15, 0.2) is 5.96 Å². The number of nitrogens with one attached hydrogen (secondary N) is 13. The lowest BCUT2D eigenvalue weighted by atomic mass is 9.95. The van der Waals surface area contributed by atoms with Crippen LogP contribution in [0.25, 0.3) is 10.9 Å². The number of H-pyrrole nitrogens is 1. The topological polar surface area (TPSA) is 583 Å². The highest BCUT2D eigenvalue weighted by atomic mass is 33.1. The molecule has 23 N–H and O–H groups in total. The van der Waals surface area contributed by atoms with E-state index in [1.807, 2.05) is 0 Å². The predicted molar refractivity (Wildman–Crippen MR) is 397 cm³/mol. The maximum Gasteiger partial charge on any atom is 0.303 e. The number of fused-ring (bicyclic) bond motifs is 1. The summed E-state index contributed by atoms with van der Waals surface area (Å²) in [6, 6.07) is 1.41. The van der Waals surface area contributed by atoms with Crippen LogP contribution in [0.2, 0.25) is 0 Å². The van der Waals surface area contributed by atoms with Crippen LogP contribution in [0, 0.1) is 28.5 Å². The van der Waals surface area contributed by atoms with Gasteiger partial charge < -0.3 is 102 Å². The number of likely N-dealkylation sites (tertiary alicyclic amines) is 1. The van der Waals surface area contributed by atoms with Crippen LogP contribution < -0.4 is 81.4 Å². The number of carboxylic acid groups (broad SMARTS) is 1. The van der Waals surface area contributed by atoms with Gasteiger partial charge in [-0.3, -0.25) is 72.5 Å². The molecule has 1 aromatic heterocycles. The number of rotatable bonds is 24. The van der Waals surface area contributed by atoms with E-state index in [4.69, 9.17) is 28.3 Å². The minimum atomic E-state index is -1.81. The van der Waals surface area contributed by atoms with Crippen molar-refractivity contribution < 1.29 is 81.7 Å². The second kappa shape index (κ2) is 41.9. The Hall–Kier alpha value is -11.1. The number of nitrogens with zero attached hydrogens (tertiary/aromatic N) is 2. The molecule has 109 heavy (non-hydrogen) atoms. The average molecular weight is 1550 g/mol. The standard InChI is InChI=1S/C71H94FN19O16S2/c1-37(74)28-58(95)91-27-7-13-55(91)69(106)86-50(29-38-14-17-44(92)18-15-38)65(102)89-54-36-109-108-35-53(61(76)98)88-64(101)49(21-23-59(96)97)84-67(104)52(31-42-34-81-46-19-16-43(72)32-45(42)46)85-63(100)48(20-22-56(75)93)82-57(94)24-26-79-62(99)47(12-6-25-80-71(77)78)83-66(103)51(30-40-10-4-5-11-41(40)33-73)87-70(107)60(90-68(54)105)39-8-2-3-9-39/h4-5,10-11,14-19,32,34,37,39,47-55,60,81,92H,2-3,6-9,12-13,20-31,35-36,74H2,1H3,(H2,75,93)(H2,76,98)(H,79,99)(H,82,94)(H,83,103)(H,84,104)(H,85,100)(H,86,106)(H,87,107)(H,88,101)(H,89,102)(H,90,105)(H,96,97)(H4,77,78,80)/t37-,47+,48-,49+,50+,51+,52+,53+,54+,55+,60+/m1/s1. The summed E-state index contributed by atoms with van der Waals surface area (Å²) in [6.07, 6.45) is -0.234. The van der Waals surface area contributed by atoms with Crippen molar-refractivity contribution in [1.82, 2.24) is 68.4 Å². The van der Waals surface area contributed by atoms with Crippen molar-refractivity contribution in [2.75, 3.05) is 31.1 Å². The molecule has 0 spiro atoms. The van der Waals surface area contributed by atoms with Gasteiger partial charge in [0.05, 0.1) is 11.6 Å². The quantitative estimate of drug-likeness (QED) is 0.0156. The highest BCUT2D eigenvalue weighted by Gasteiger charge is 2.41. The number of carbonyl (C=O) groups excluding carboxylic acids is 13. The van der Waals surface area contributed by atoms with E-state index < -0.39 is 223 Å². The molecule has 2 saturated heterocycles. The number of amides is 13. The van der Waals surface area contributed by atoms with Gasteiger partial charge in [0.25, 0.3) is 0 Å². The number of primary amides is 2. The van der Waals surface area contributed by atoms with Gasteiger partial charge in [0.2, 0.25) is 76.8 Å². The van der Waals surface area contributed by atoms with E-state index in [1.165, 1.54) is 53.6 Å². The van der Waals surface area contributed by atoms with Gasteiger partial charge in [0.1, 0.15) is 72.0 Å². The molecule has 11 atom stereocenters. The number of nitrogens with two attached hydrogens (primary N) is 4. The lowest BCUT2D eigenvalue weighted by Crippen LogP contribution is -2.61. The molecule has 0 unspecified atom stereocenters. The molecule has 35 nitrogen and oxygen atoms in total. The highest BCUT2D eigenvalue weighted by Crippen LogP contribution is 2.30. The number of halogens is 1. The summed E-state index contributed by atoms with van der Waals surface area (Å²) in [7, 11) is 1.67. The number of phenolic OH excluding ortho intramolecular Hbond substituents is 1. The number of hydrogen-bond acceptors (Lipinski definition) is 20. The van der Waals surface area contributed by atoms with E-state index in [-0.39, 0.29) is 79.4 Å². The fourth-order valence-electron chi connectivity index (χ4n) is 12.8. The third kappa shape index (κ3) is 26.7. The molecule has 3 aromatic carbocycles. The summed E-state index contributed by atoms with van der Waals surface area (Å²) in [5.41, 5.74) is 24.3. The fraction of sp³-hybridized carbons (Fsp3) is 0.493. The average Bonchev–Trinajstić information content (AvgIpc) is 1.72. The van der Waals surface area contributed by atoms with E-state index in [1.54, 1.807) is 19.1 Å². The number of guanidine groups is 1. The summed E-state index contributed by atoms with van der Waals surface area (Å²) >= 11 is 0. The Morgan fingerprint density at radius 2 is 1.35 bits per heavy atom. The molecule has 0 bridgehead atoms. The lowest BCUT2D eigenvalue weighted by molar-refractivity contribution is -0.140. The minimum absolute atomic E-state index is 0.0186. The number of benzene rings is 3. The van der Waals surface area contributed by atoms with Gasteiger partial charge >= 0.3 is 5.97 Å². The van der Waals surface area contributed by atoms with E-state index in [0.29, 0.717) is 43.2 Å². The molecule has 7 rings (SSSR count). The van der Waals surface area contributed by atoms with Crippen molar-refractivity contribution in [3.8, 4) is 11.8 Å². The highest BCUT2D eigenvalue weighted by molar-refractivity contribution is 8.76. The maximum atomic E-state index is 15.3. The molecule has 1 aliphatic carbocycles. The van der Waals surface area contributed by atoms with Gasteiger partial charge in [-0.15, -0.1) is 0 Å². The summed E-state index contributed by atoms with van der Waals surface area (Å²) in [6.45, 7) is 1.39. The Bertz CT molecular complexity index is 4020. The van der Waals surface area contributed by atoms with Gasteiger partial charge in [-0.1, -0.05) is 64.8 Å². The van der Waals surface area contributed by atoms with Crippen molar-refractivity contribution in [2.45, 2.75) is 183 Å². The van der Waals surface area contributed by atoms with Crippen LogP contribution >= 0.6 is 21.6 Å². The lowest BCUT2D eigenvalue weighted by Gasteiger charge is -2.30. The van der Waals surface area contributed by atoms with Gasteiger partial charge in [0, 0.05) is 99.2 Å². The van der Waals surface area contributed by atoms with Crippen molar-refractivity contribution in [2.24, 2.45) is 28.9 Å². The van der Waals surface area contributed by atoms with Crippen LogP contribution in [0.3, 0.4) is 0 Å². The molecule has 38 heteroatoms. The third-order valence-corrected chi connectivity index (χ3v) is 21.0. The number of carboxylic acids is 1. The number of phenols is 1. The number of aliphatic carboxylic acids is 1. The molecule has 0 radical (unpaired) electrons. The Labute approximate surface area is 634 Å². The van der Waals surface area contributed by atoms with E-state index >= 15 is 19.2 Å². The molecule has 588 valence electrons. The first-order valence-electron chi connectivity index (χ1n) is 35.6. The first-order valence-corrected chi connectivity index (χ1v) is 38.1. The molecular weight excluding hydrogens is 1460 g/mol. The zero-order chi connectivity index (χ0) is 79.4. The predicted octanol–water partition coefficient (Wildman–Crippen LogP) is -2.03. The number of aromatic amines is 1. The SMILES string of the molecule is C[C@@H](N)CC(=O)N1CCC[C@H]1C(=O)N[C@@H](Cc1ccc(O)cc1)C(=O)N[C@H]1CSSC[C@@H](C(N)=O)NC(=O)[C@H](CCC(=O)O)NC(=O)[C@H](Cc2c[nH]c3ccc(F)cc23)NC(=O)[C@@H](CCC(N)=O)NC(=O)CCNC(=O)[C@H](CCCNC(=N)N)NC(=O)[C@H](Cc2ccccc2C#N)NC(=O)[C@H](C2CCCC2)NC1=O. The van der Waals surface area contributed by atoms with E-state index in [0.717, 1.165) is 33.7 Å². The number of nitriles is 1. The summed E-state index contributed by atoms with van der Waals surface area (Å²) in [5, 5.41) is 67.0. The monoisotopic (exact) mass is 1550 g/mol. The summed E-state index contributed by atoms with van der Waals surface area (Å²) < 4.78 is 14.8. The minimum Gasteiger partial charge on any atom is -0.508 e. The second-order valence-electron chi connectivity index (χ2n) is 27.0. The van der Waals surface area contributed by atoms with Gasteiger partial charge in [-0.2, -0.15) is 5.26 Å². The van der Waals surface area contributed by atoms with Crippen molar-refractivity contribution in [3.05, 3.63) is 101 Å². The molecule has 4 aromatic rings. The third-order valence-electron chi connectivity index (χ3n) is 18.5. The Morgan fingerprint density at radius 1 is 0.725 bits per heavy atom. The Morgan fingerprint density at radius 3 is 2.01 bits per heavy atom. The van der Waals surface area contributed by atoms with Crippen LogP contribution in [0.1, 0.15) is 119 Å². The number of carbonyl (C=O) groups is 14. The van der Waals surface area contributed by atoms with Gasteiger partial charge in [-0.05, 0) is 117 Å². The molecule has 13 amide bonds. The van der Waals surface area contributed by atoms with Crippen molar-refractivity contribution in [1.29, 1.82) is 10.7 Å². The first kappa shape index (κ1) is 85.2. The molecular formula is C71H94FN19O16S2. The fourth-order valence-corrected chi connectivity index (χ4v) is 15.2. The van der Waals surface area contributed by atoms with E-state index in [9.17, 15) is 67.8 Å². The summed E-state index contributed by atoms with van der Waals surface area (Å²) in [4.78, 5) is 202. The van der Waals surface area contributed by atoms with Crippen LogP contribution in [-0.2, 0) is 86.4 Å². The molecule has 2 aliphatic heterocycles. The molecule has 3 aliphatic rings. The van der Waals surface area contributed by atoms with Crippen LogP contribution in [0.4, 0.5) is 4.39 Å². The number of aromatic hydroxyl groups is 1. The molecule has 3 fully saturated rings. The van der Waals surface area contributed by atoms with E-state index in [2.05, 4.69) is 69.5 Å².